The Kier molecular flexibility index (Phi) is 6.52. The van der Waals surface area contributed by atoms with E-state index in [1.165, 1.54) is 12.7 Å². The molecule has 1 aliphatic rings. The Labute approximate surface area is 215 Å². The molecule has 3 aromatic heterocycles. The summed E-state index contributed by atoms with van der Waals surface area (Å²) in [7, 11) is 1.39. The third-order valence-electron chi connectivity index (χ3n) is 6.64. The van der Waals surface area contributed by atoms with Crippen molar-refractivity contribution >= 4 is 23.3 Å². The quantitative estimate of drug-likeness (QED) is 0.302. The zero-order valence-corrected chi connectivity index (χ0v) is 21.2. The van der Waals surface area contributed by atoms with Gasteiger partial charge in [-0.3, -0.25) is 9.97 Å². The predicted molar refractivity (Wildman–Crippen MR) is 142 cm³/mol. The third-order valence-corrected chi connectivity index (χ3v) is 6.99. The van der Waals surface area contributed by atoms with E-state index in [2.05, 4.69) is 44.7 Å². The monoisotopic (exact) mass is 497 g/mol. The Morgan fingerprint density at radius 2 is 1.81 bits per heavy atom. The van der Waals surface area contributed by atoms with Crippen LogP contribution in [0.1, 0.15) is 50.7 Å². The molecule has 182 valence electrons. The van der Waals surface area contributed by atoms with Crippen molar-refractivity contribution in [1.82, 2.24) is 24.8 Å². The molecule has 1 aliphatic heterocycles. The van der Waals surface area contributed by atoms with Crippen molar-refractivity contribution in [3.63, 3.8) is 0 Å². The van der Waals surface area contributed by atoms with Crippen LogP contribution in [0.3, 0.4) is 0 Å². The zero-order chi connectivity index (χ0) is 25.2. The molecule has 1 fully saturated rings. The number of methoxy groups -OCH3 is 1. The van der Waals surface area contributed by atoms with Crippen LogP contribution in [0.4, 0.5) is 0 Å². The number of hydrogen-bond acceptors (Lipinski definition) is 5. The van der Waals surface area contributed by atoms with Crippen molar-refractivity contribution in [2.75, 3.05) is 7.11 Å². The van der Waals surface area contributed by atoms with E-state index in [4.69, 9.17) is 17.0 Å². The van der Waals surface area contributed by atoms with Crippen LogP contribution in [-0.4, -0.2) is 37.6 Å². The summed E-state index contributed by atoms with van der Waals surface area (Å²) in [6, 6.07) is 19.5. The van der Waals surface area contributed by atoms with Crippen molar-refractivity contribution in [3.05, 3.63) is 113 Å². The highest BCUT2D eigenvalue weighted by Gasteiger charge is 2.41. The van der Waals surface area contributed by atoms with E-state index in [0.29, 0.717) is 17.2 Å². The first kappa shape index (κ1) is 23.7. The number of esters is 1. The molecule has 1 aromatic carbocycles. The number of thiocarbonyl (C=S) groups is 1. The topological polar surface area (TPSA) is 72.3 Å². The predicted octanol–water partition coefficient (Wildman–Crippen LogP) is 4.84. The highest BCUT2D eigenvalue weighted by molar-refractivity contribution is 7.80. The summed E-state index contributed by atoms with van der Waals surface area (Å²) in [5.74, 6) is -0.348. The van der Waals surface area contributed by atoms with Gasteiger partial charge in [0.2, 0.25) is 0 Å². The SMILES string of the molecule is COC(=O)c1ccc(-n2c(C)cc([C@H]3[C@@H](c4ccccn4)NC(=S)N3Cc3ccncc3)c2C)cc1. The molecule has 1 N–H and O–H groups in total. The van der Waals surface area contributed by atoms with E-state index >= 15 is 0 Å². The number of hydrogen-bond donors (Lipinski definition) is 1. The Morgan fingerprint density at radius 3 is 2.47 bits per heavy atom. The lowest BCUT2D eigenvalue weighted by Gasteiger charge is -2.28. The highest BCUT2D eigenvalue weighted by atomic mass is 32.1. The maximum absolute atomic E-state index is 11.9. The minimum atomic E-state index is -0.348. The van der Waals surface area contributed by atoms with Gasteiger partial charge in [-0.1, -0.05) is 6.07 Å². The zero-order valence-electron chi connectivity index (χ0n) is 20.4. The number of nitrogens with one attached hydrogen (secondary N) is 1. The molecule has 1 saturated heterocycles. The van der Waals surface area contributed by atoms with Crippen molar-refractivity contribution in [1.29, 1.82) is 0 Å². The van der Waals surface area contributed by atoms with Gasteiger partial charge in [0.1, 0.15) is 0 Å². The normalized spacial score (nSPS) is 17.2. The molecule has 36 heavy (non-hydrogen) atoms. The minimum Gasteiger partial charge on any atom is -0.465 e. The van der Waals surface area contributed by atoms with Gasteiger partial charge < -0.3 is 19.5 Å². The fourth-order valence-corrected chi connectivity index (χ4v) is 5.25. The lowest BCUT2D eigenvalue weighted by atomic mass is 9.96. The van der Waals surface area contributed by atoms with Gasteiger partial charge in [0.05, 0.1) is 30.5 Å². The first-order valence-electron chi connectivity index (χ1n) is 11.7. The molecular formula is C28H27N5O2S. The van der Waals surface area contributed by atoms with Gasteiger partial charge in [-0.15, -0.1) is 0 Å². The van der Waals surface area contributed by atoms with E-state index < -0.39 is 0 Å². The first-order chi connectivity index (χ1) is 17.5. The summed E-state index contributed by atoms with van der Waals surface area (Å²) in [5.41, 5.74) is 6.94. The van der Waals surface area contributed by atoms with Gasteiger partial charge in [-0.05, 0) is 91.8 Å². The molecule has 8 heteroatoms. The average Bonchev–Trinajstić information content (AvgIpc) is 3.39. The number of carbonyl (C=O) groups is 1. The Balaban J connectivity index is 1.58. The number of pyridine rings is 2. The van der Waals surface area contributed by atoms with Crippen LogP contribution >= 0.6 is 12.2 Å². The number of aromatic nitrogens is 3. The summed E-state index contributed by atoms with van der Waals surface area (Å²) in [6.07, 6.45) is 5.42. The molecule has 0 saturated carbocycles. The highest BCUT2D eigenvalue weighted by Crippen LogP contribution is 2.42. The summed E-state index contributed by atoms with van der Waals surface area (Å²) in [6.45, 7) is 4.87. The number of nitrogens with zero attached hydrogens (tertiary/aromatic N) is 4. The molecule has 0 aliphatic carbocycles. The molecule has 4 aromatic rings. The minimum absolute atomic E-state index is 0.0603. The maximum atomic E-state index is 11.9. The van der Waals surface area contributed by atoms with Crippen LogP contribution < -0.4 is 5.32 Å². The van der Waals surface area contributed by atoms with Gasteiger partial charge in [-0.25, -0.2) is 4.79 Å². The molecule has 5 rings (SSSR count). The van der Waals surface area contributed by atoms with Gasteiger partial charge in [0.25, 0.3) is 0 Å². The van der Waals surface area contributed by atoms with Crippen LogP contribution in [0.25, 0.3) is 5.69 Å². The lowest BCUT2D eigenvalue weighted by Crippen LogP contribution is -2.29. The van der Waals surface area contributed by atoms with Crippen molar-refractivity contribution < 1.29 is 9.53 Å². The van der Waals surface area contributed by atoms with E-state index in [1.807, 2.05) is 48.7 Å². The van der Waals surface area contributed by atoms with E-state index in [-0.39, 0.29) is 18.1 Å². The van der Waals surface area contributed by atoms with E-state index in [0.717, 1.165) is 28.3 Å². The largest absolute Gasteiger partial charge is 0.465 e. The molecule has 0 bridgehead atoms. The lowest BCUT2D eigenvalue weighted by molar-refractivity contribution is 0.0600. The van der Waals surface area contributed by atoms with Gasteiger partial charge in [0.15, 0.2) is 5.11 Å². The van der Waals surface area contributed by atoms with Crippen molar-refractivity contribution in [2.24, 2.45) is 0 Å². The standard InChI is InChI=1S/C28H27N5O2S/c1-18-16-23(19(2)33(18)22-9-7-21(8-10-22)27(34)35-3)26-25(24-6-4-5-13-30-24)31-28(36)32(26)17-20-11-14-29-15-12-20/h4-16,25-26H,17H2,1-3H3,(H,31,36)/t25-,26+/m1/s1. The van der Waals surface area contributed by atoms with Crippen LogP contribution in [0, 0.1) is 13.8 Å². The second-order valence-electron chi connectivity index (χ2n) is 8.81. The van der Waals surface area contributed by atoms with Gasteiger partial charge in [-0.2, -0.15) is 0 Å². The molecule has 0 spiro atoms. The molecule has 2 atom stereocenters. The molecule has 0 radical (unpaired) electrons. The van der Waals surface area contributed by atoms with Crippen LogP contribution in [0.5, 0.6) is 0 Å². The fourth-order valence-electron chi connectivity index (χ4n) is 4.95. The Hall–Kier alpha value is -4.04. The maximum Gasteiger partial charge on any atom is 0.337 e. The summed E-state index contributed by atoms with van der Waals surface area (Å²) in [4.78, 5) is 22.9. The molecular weight excluding hydrogens is 470 g/mol. The number of aryl methyl sites for hydroxylation is 1. The Morgan fingerprint density at radius 1 is 1.06 bits per heavy atom. The number of benzene rings is 1. The smallest absolute Gasteiger partial charge is 0.337 e. The fraction of sp³-hybridized carbons (Fsp3) is 0.214. The average molecular weight is 498 g/mol. The Bertz CT molecular complexity index is 1390. The van der Waals surface area contributed by atoms with Crippen LogP contribution in [-0.2, 0) is 11.3 Å². The second kappa shape index (κ2) is 9.91. The van der Waals surface area contributed by atoms with Crippen LogP contribution in [0.2, 0.25) is 0 Å². The van der Waals surface area contributed by atoms with Gasteiger partial charge >= 0.3 is 5.97 Å². The van der Waals surface area contributed by atoms with Gasteiger partial charge in [0, 0.05) is 42.2 Å². The van der Waals surface area contributed by atoms with E-state index in [1.54, 1.807) is 24.5 Å². The number of ether oxygens (including phenoxy) is 1. The number of rotatable bonds is 6. The molecule has 4 heterocycles. The molecule has 0 amide bonds. The van der Waals surface area contributed by atoms with Crippen molar-refractivity contribution in [2.45, 2.75) is 32.5 Å². The molecule has 7 nitrogen and oxygen atoms in total. The van der Waals surface area contributed by atoms with Crippen molar-refractivity contribution in [3.8, 4) is 5.69 Å². The summed E-state index contributed by atoms with van der Waals surface area (Å²) in [5, 5.41) is 4.22. The first-order valence-corrected chi connectivity index (χ1v) is 12.1. The second-order valence-corrected chi connectivity index (χ2v) is 9.20. The number of carbonyl (C=O) groups excluding carboxylic acids is 1. The third kappa shape index (κ3) is 4.35. The summed E-state index contributed by atoms with van der Waals surface area (Å²) < 4.78 is 7.05. The van der Waals surface area contributed by atoms with Crippen LogP contribution in [0.15, 0.2) is 79.3 Å². The van der Waals surface area contributed by atoms with E-state index in [9.17, 15) is 4.79 Å². The summed E-state index contributed by atoms with van der Waals surface area (Å²) >= 11 is 5.84. The molecule has 0 unspecified atom stereocenters.